The summed E-state index contributed by atoms with van der Waals surface area (Å²) in [6.07, 6.45) is 0. The number of aryl methyl sites for hydroxylation is 1. The Morgan fingerprint density at radius 1 is 1.10 bits per heavy atom. The zero-order valence-corrected chi connectivity index (χ0v) is 16.2. The van der Waals surface area contributed by atoms with E-state index in [1.54, 1.807) is 31.2 Å². The smallest absolute Gasteiger partial charge is 0.256 e. The van der Waals surface area contributed by atoms with E-state index in [1.807, 2.05) is 0 Å². The second kappa shape index (κ2) is 7.57. The quantitative estimate of drug-likeness (QED) is 0.634. The zero-order chi connectivity index (χ0) is 20.4. The van der Waals surface area contributed by atoms with Crippen LogP contribution in [0.1, 0.15) is 21.7 Å². The summed E-state index contributed by atoms with van der Waals surface area (Å²) in [5.41, 5.74) is 0.893. The highest BCUT2D eigenvalue weighted by Crippen LogP contribution is 2.32. The minimum absolute atomic E-state index is 0.0257. The van der Waals surface area contributed by atoms with Crippen molar-refractivity contribution in [1.82, 2.24) is 9.88 Å². The summed E-state index contributed by atoms with van der Waals surface area (Å²) in [5.74, 6) is 1.50. The molecule has 0 fully saturated rings. The van der Waals surface area contributed by atoms with E-state index < -0.39 is 15.9 Å². The predicted molar refractivity (Wildman–Crippen MR) is 102 cm³/mol. The SMILES string of the molecule is Cc1cc(NC(=O)c2cccc(S(=O)(=O)NCc3ccc4c(c3)OCO4)c2)no1. The number of amides is 1. The Kier molecular flexibility index (Phi) is 4.95. The summed E-state index contributed by atoms with van der Waals surface area (Å²) in [4.78, 5) is 12.3. The van der Waals surface area contributed by atoms with E-state index in [0.717, 1.165) is 0 Å². The number of hydrogen-bond donors (Lipinski definition) is 2. The van der Waals surface area contributed by atoms with Gasteiger partial charge in [-0.15, -0.1) is 0 Å². The first-order valence-electron chi connectivity index (χ1n) is 8.64. The molecule has 0 spiro atoms. The van der Waals surface area contributed by atoms with Crippen molar-refractivity contribution >= 4 is 21.7 Å². The molecule has 1 aliphatic heterocycles. The summed E-state index contributed by atoms with van der Waals surface area (Å²) in [6, 6.07) is 12.5. The highest BCUT2D eigenvalue weighted by atomic mass is 32.2. The van der Waals surface area contributed by atoms with E-state index in [1.165, 1.54) is 24.3 Å². The molecule has 0 aliphatic carbocycles. The number of carbonyl (C=O) groups excluding carboxylic acids is 1. The fraction of sp³-hybridized carbons (Fsp3) is 0.158. The number of carbonyl (C=O) groups is 1. The van der Waals surface area contributed by atoms with E-state index in [0.29, 0.717) is 22.8 Å². The molecule has 150 valence electrons. The normalized spacial score (nSPS) is 12.7. The number of nitrogens with zero attached hydrogens (tertiary/aromatic N) is 1. The highest BCUT2D eigenvalue weighted by Gasteiger charge is 2.18. The Bertz CT molecular complexity index is 1170. The number of anilines is 1. The van der Waals surface area contributed by atoms with Gasteiger partial charge in [0, 0.05) is 18.2 Å². The van der Waals surface area contributed by atoms with Gasteiger partial charge in [0.1, 0.15) is 5.76 Å². The number of rotatable bonds is 6. The third kappa shape index (κ3) is 4.23. The minimum atomic E-state index is -3.83. The number of ether oxygens (including phenoxy) is 2. The van der Waals surface area contributed by atoms with Gasteiger partial charge in [-0.25, -0.2) is 13.1 Å². The molecular weight excluding hydrogens is 398 g/mol. The Morgan fingerprint density at radius 2 is 1.93 bits per heavy atom. The molecule has 1 amide bonds. The van der Waals surface area contributed by atoms with Crippen LogP contribution < -0.4 is 19.5 Å². The van der Waals surface area contributed by atoms with E-state index in [-0.39, 0.29) is 29.6 Å². The Labute approximate surface area is 166 Å². The van der Waals surface area contributed by atoms with Crippen molar-refractivity contribution in [2.45, 2.75) is 18.4 Å². The third-order valence-electron chi connectivity index (χ3n) is 4.18. The van der Waals surface area contributed by atoms with E-state index >= 15 is 0 Å². The number of benzene rings is 2. The Balaban J connectivity index is 1.46. The summed E-state index contributed by atoms with van der Waals surface area (Å²) < 4.78 is 43.2. The first-order chi connectivity index (χ1) is 13.9. The first kappa shape index (κ1) is 19.0. The Hall–Kier alpha value is -3.37. The van der Waals surface area contributed by atoms with Crippen LogP contribution in [0.25, 0.3) is 0 Å². The van der Waals surface area contributed by atoms with Gasteiger partial charge in [-0.2, -0.15) is 0 Å². The Morgan fingerprint density at radius 3 is 2.72 bits per heavy atom. The summed E-state index contributed by atoms with van der Waals surface area (Å²) in [6.45, 7) is 1.91. The maximum Gasteiger partial charge on any atom is 0.256 e. The van der Waals surface area contributed by atoms with Crippen LogP contribution >= 0.6 is 0 Å². The lowest BCUT2D eigenvalue weighted by Crippen LogP contribution is -2.23. The second-order valence-electron chi connectivity index (χ2n) is 6.32. The van der Waals surface area contributed by atoms with Gasteiger partial charge < -0.3 is 19.3 Å². The first-order valence-corrected chi connectivity index (χ1v) is 10.1. The van der Waals surface area contributed by atoms with Gasteiger partial charge >= 0.3 is 0 Å². The third-order valence-corrected chi connectivity index (χ3v) is 5.58. The molecule has 2 heterocycles. The van der Waals surface area contributed by atoms with Crippen molar-refractivity contribution in [2.24, 2.45) is 0 Å². The van der Waals surface area contributed by atoms with Crippen molar-refractivity contribution in [1.29, 1.82) is 0 Å². The fourth-order valence-corrected chi connectivity index (χ4v) is 3.79. The lowest BCUT2D eigenvalue weighted by molar-refractivity contribution is 0.102. The van der Waals surface area contributed by atoms with E-state index in [9.17, 15) is 13.2 Å². The van der Waals surface area contributed by atoms with Crippen molar-refractivity contribution in [3.8, 4) is 11.5 Å². The van der Waals surface area contributed by atoms with Gasteiger partial charge in [0.2, 0.25) is 16.8 Å². The molecule has 0 saturated carbocycles. The molecule has 0 unspecified atom stereocenters. The van der Waals surface area contributed by atoms with Crippen LogP contribution in [-0.4, -0.2) is 26.3 Å². The van der Waals surface area contributed by atoms with Gasteiger partial charge in [0.25, 0.3) is 5.91 Å². The molecule has 10 heteroatoms. The topological polar surface area (TPSA) is 120 Å². The van der Waals surface area contributed by atoms with Crippen molar-refractivity contribution in [3.05, 3.63) is 65.4 Å². The molecule has 0 radical (unpaired) electrons. The zero-order valence-electron chi connectivity index (χ0n) is 15.3. The summed E-state index contributed by atoms with van der Waals surface area (Å²) in [7, 11) is -3.83. The van der Waals surface area contributed by atoms with Crippen LogP contribution in [0.3, 0.4) is 0 Å². The molecule has 2 N–H and O–H groups in total. The molecule has 2 aromatic carbocycles. The number of nitrogens with one attached hydrogen (secondary N) is 2. The fourth-order valence-electron chi connectivity index (χ4n) is 2.73. The van der Waals surface area contributed by atoms with Gasteiger partial charge in [0.15, 0.2) is 17.3 Å². The lowest BCUT2D eigenvalue weighted by atomic mass is 10.2. The molecule has 29 heavy (non-hydrogen) atoms. The minimum Gasteiger partial charge on any atom is -0.454 e. The number of hydrogen-bond acceptors (Lipinski definition) is 7. The molecule has 3 aromatic rings. The molecule has 0 atom stereocenters. The number of fused-ring (bicyclic) bond motifs is 1. The van der Waals surface area contributed by atoms with Crippen LogP contribution in [0.4, 0.5) is 5.82 Å². The van der Waals surface area contributed by atoms with Crippen molar-refractivity contribution in [3.63, 3.8) is 0 Å². The van der Waals surface area contributed by atoms with Gasteiger partial charge in [0.05, 0.1) is 4.90 Å². The van der Waals surface area contributed by atoms with Crippen LogP contribution in [0.5, 0.6) is 11.5 Å². The highest BCUT2D eigenvalue weighted by molar-refractivity contribution is 7.89. The maximum absolute atomic E-state index is 12.6. The predicted octanol–water partition coefficient (Wildman–Crippen LogP) is 2.44. The van der Waals surface area contributed by atoms with Crippen LogP contribution in [-0.2, 0) is 16.6 Å². The van der Waals surface area contributed by atoms with Crippen molar-refractivity contribution < 1.29 is 27.2 Å². The maximum atomic E-state index is 12.6. The lowest BCUT2D eigenvalue weighted by Gasteiger charge is -2.09. The molecular formula is C19H17N3O6S. The molecule has 1 aromatic heterocycles. The average Bonchev–Trinajstić information content (AvgIpc) is 3.34. The molecule has 1 aliphatic rings. The molecule has 9 nitrogen and oxygen atoms in total. The molecule has 0 saturated heterocycles. The summed E-state index contributed by atoms with van der Waals surface area (Å²) in [5, 5.41) is 6.24. The molecule has 0 bridgehead atoms. The van der Waals surface area contributed by atoms with Gasteiger partial charge in [-0.1, -0.05) is 17.3 Å². The van der Waals surface area contributed by atoms with Gasteiger partial charge in [-0.05, 0) is 42.8 Å². The van der Waals surface area contributed by atoms with Crippen LogP contribution in [0, 0.1) is 6.92 Å². The monoisotopic (exact) mass is 415 g/mol. The van der Waals surface area contributed by atoms with E-state index in [2.05, 4.69) is 15.2 Å². The number of sulfonamides is 1. The van der Waals surface area contributed by atoms with Crippen molar-refractivity contribution in [2.75, 3.05) is 12.1 Å². The second-order valence-corrected chi connectivity index (χ2v) is 8.08. The largest absolute Gasteiger partial charge is 0.454 e. The average molecular weight is 415 g/mol. The van der Waals surface area contributed by atoms with Crippen LogP contribution in [0.2, 0.25) is 0 Å². The van der Waals surface area contributed by atoms with E-state index in [4.69, 9.17) is 14.0 Å². The molecule has 4 rings (SSSR count). The standard InChI is InChI=1S/C19H17N3O6S/c1-12-7-18(22-28-12)21-19(23)14-3-2-4-15(9-14)29(24,25)20-10-13-5-6-16-17(8-13)27-11-26-16/h2-9,20H,10-11H2,1H3,(H,21,22,23). The van der Waals surface area contributed by atoms with Crippen LogP contribution in [0.15, 0.2) is 57.9 Å². The summed E-state index contributed by atoms with van der Waals surface area (Å²) >= 11 is 0. The van der Waals surface area contributed by atoms with Gasteiger partial charge in [-0.3, -0.25) is 4.79 Å². The number of aromatic nitrogens is 1.